The van der Waals surface area contributed by atoms with Gasteiger partial charge in [-0.2, -0.15) is 0 Å². The molecule has 3 N–H and O–H groups in total. The summed E-state index contributed by atoms with van der Waals surface area (Å²) in [7, 11) is 0. The van der Waals surface area contributed by atoms with Crippen molar-refractivity contribution in [1.29, 1.82) is 0 Å². The second kappa shape index (κ2) is 7.93. The van der Waals surface area contributed by atoms with Gasteiger partial charge in [0.25, 0.3) is 5.56 Å². The Labute approximate surface area is 125 Å². The number of carbonyl (C=O) groups is 1. The molecule has 0 aromatic carbocycles. The molecule has 6 heteroatoms. The molecule has 1 aromatic rings. The first kappa shape index (κ1) is 17.4. The number of aryl methyl sites for hydroxylation is 2. The highest BCUT2D eigenvalue weighted by molar-refractivity contribution is 5.76. The molecule has 0 fully saturated rings. The van der Waals surface area contributed by atoms with Crippen LogP contribution in [0.25, 0.3) is 0 Å². The van der Waals surface area contributed by atoms with Crippen LogP contribution in [-0.2, 0) is 11.2 Å². The van der Waals surface area contributed by atoms with Gasteiger partial charge in [0, 0.05) is 24.2 Å². The average molecular weight is 295 g/mol. The van der Waals surface area contributed by atoms with Gasteiger partial charge in [-0.25, -0.2) is 4.98 Å². The van der Waals surface area contributed by atoms with Crippen LogP contribution in [0.3, 0.4) is 0 Å². The molecule has 0 bridgehead atoms. The van der Waals surface area contributed by atoms with Crippen molar-refractivity contribution in [3.8, 4) is 0 Å². The number of aromatic amines is 1. The molecule has 0 radical (unpaired) electrons. The summed E-state index contributed by atoms with van der Waals surface area (Å²) in [5.41, 5.74) is 1.01. The molecule has 0 saturated heterocycles. The Kier molecular flexibility index (Phi) is 6.55. The smallest absolute Gasteiger partial charge is 0.254 e. The van der Waals surface area contributed by atoms with Gasteiger partial charge in [-0.05, 0) is 32.6 Å². The number of aromatic nitrogens is 2. The van der Waals surface area contributed by atoms with E-state index < -0.39 is 6.10 Å². The molecule has 1 unspecified atom stereocenters. The molecule has 1 amide bonds. The van der Waals surface area contributed by atoms with E-state index in [0.29, 0.717) is 35.8 Å². The Balaban J connectivity index is 2.45. The fraction of sp³-hybridized carbons (Fsp3) is 0.667. The molecule has 1 aromatic heterocycles. The Morgan fingerprint density at radius 3 is 2.62 bits per heavy atom. The van der Waals surface area contributed by atoms with Crippen molar-refractivity contribution in [2.45, 2.75) is 53.1 Å². The molecule has 1 rings (SSSR count). The number of nitrogens with one attached hydrogen (secondary N) is 2. The van der Waals surface area contributed by atoms with E-state index in [1.165, 1.54) is 0 Å². The van der Waals surface area contributed by atoms with E-state index in [1.807, 2.05) is 13.8 Å². The Hall–Kier alpha value is -1.69. The molecular formula is C15H25N3O3. The summed E-state index contributed by atoms with van der Waals surface area (Å²) in [6, 6.07) is 0. The van der Waals surface area contributed by atoms with Gasteiger partial charge in [0.15, 0.2) is 0 Å². The number of amides is 1. The molecule has 1 heterocycles. The summed E-state index contributed by atoms with van der Waals surface area (Å²) in [5.74, 6) is 0.788. The van der Waals surface area contributed by atoms with Crippen LogP contribution in [0.2, 0.25) is 0 Å². The van der Waals surface area contributed by atoms with E-state index in [0.717, 1.165) is 0 Å². The molecule has 0 spiro atoms. The monoisotopic (exact) mass is 295 g/mol. The van der Waals surface area contributed by atoms with Gasteiger partial charge in [-0.1, -0.05) is 13.8 Å². The topological polar surface area (TPSA) is 95.1 Å². The van der Waals surface area contributed by atoms with E-state index in [9.17, 15) is 14.7 Å². The van der Waals surface area contributed by atoms with Crippen LogP contribution >= 0.6 is 0 Å². The van der Waals surface area contributed by atoms with Gasteiger partial charge in [0.05, 0.1) is 6.10 Å². The second-order valence-corrected chi connectivity index (χ2v) is 5.80. The third-order valence-corrected chi connectivity index (χ3v) is 3.22. The zero-order chi connectivity index (χ0) is 16.0. The van der Waals surface area contributed by atoms with Crippen LogP contribution in [-0.4, -0.2) is 33.6 Å². The molecule has 1 atom stereocenters. The van der Waals surface area contributed by atoms with Crippen molar-refractivity contribution in [1.82, 2.24) is 15.3 Å². The first-order valence-corrected chi connectivity index (χ1v) is 7.30. The molecular weight excluding hydrogens is 270 g/mol. The third kappa shape index (κ3) is 6.08. The van der Waals surface area contributed by atoms with Gasteiger partial charge in [-0.15, -0.1) is 0 Å². The number of aliphatic hydroxyl groups excluding tert-OH is 1. The van der Waals surface area contributed by atoms with Crippen molar-refractivity contribution in [2.75, 3.05) is 6.54 Å². The predicted molar refractivity (Wildman–Crippen MR) is 81.1 cm³/mol. The average Bonchev–Trinajstić information content (AvgIpc) is 2.34. The quantitative estimate of drug-likeness (QED) is 0.694. The number of aliphatic hydroxyl groups is 1. The van der Waals surface area contributed by atoms with Crippen LogP contribution in [0.1, 0.15) is 43.8 Å². The summed E-state index contributed by atoms with van der Waals surface area (Å²) in [6.07, 6.45) is 0.685. The molecule has 21 heavy (non-hydrogen) atoms. The normalized spacial score (nSPS) is 12.5. The third-order valence-electron chi connectivity index (χ3n) is 3.22. The highest BCUT2D eigenvalue weighted by Gasteiger charge is 2.11. The van der Waals surface area contributed by atoms with E-state index in [2.05, 4.69) is 15.3 Å². The lowest BCUT2D eigenvalue weighted by Gasteiger charge is -2.13. The Bertz CT molecular complexity index is 537. The minimum absolute atomic E-state index is 0.169. The van der Waals surface area contributed by atoms with Crippen molar-refractivity contribution in [3.63, 3.8) is 0 Å². The standard InChI is InChI=1S/C15H25N3O3/c1-9(2)7-12(19)8-16-14(20)6-5-13-10(3)17-11(4)18-15(13)21/h9,12,19H,5-8H2,1-4H3,(H,16,20)(H,17,18,21). The van der Waals surface area contributed by atoms with Gasteiger partial charge < -0.3 is 15.4 Å². The summed E-state index contributed by atoms with van der Waals surface area (Å²) in [5, 5.41) is 12.4. The van der Waals surface area contributed by atoms with Crippen LogP contribution in [0.4, 0.5) is 0 Å². The van der Waals surface area contributed by atoms with E-state index in [4.69, 9.17) is 0 Å². The molecule has 0 aliphatic rings. The number of hydrogen-bond donors (Lipinski definition) is 3. The Morgan fingerprint density at radius 2 is 2.05 bits per heavy atom. The molecule has 118 valence electrons. The zero-order valence-corrected chi connectivity index (χ0v) is 13.2. The summed E-state index contributed by atoms with van der Waals surface area (Å²) < 4.78 is 0. The van der Waals surface area contributed by atoms with E-state index in [1.54, 1.807) is 13.8 Å². The molecule has 0 aliphatic heterocycles. The predicted octanol–water partition coefficient (Wildman–Crippen LogP) is 0.843. The number of carbonyl (C=O) groups excluding carboxylic acids is 1. The van der Waals surface area contributed by atoms with Crippen molar-refractivity contribution in [2.24, 2.45) is 5.92 Å². The van der Waals surface area contributed by atoms with Crippen LogP contribution in [0.5, 0.6) is 0 Å². The number of hydrogen-bond acceptors (Lipinski definition) is 4. The van der Waals surface area contributed by atoms with E-state index in [-0.39, 0.29) is 24.4 Å². The maximum atomic E-state index is 11.8. The highest BCUT2D eigenvalue weighted by Crippen LogP contribution is 2.04. The summed E-state index contributed by atoms with van der Waals surface area (Å²) >= 11 is 0. The van der Waals surface area contributed by atoms with Crippen LogP contribution in [0, 0.1) is 19.8 Å². The summed E-state index contributed by atoms with van der Waals surface area (Å²) in [6.45, 7) is 7.77. The lowest BCUT2D eigenvalue weighted by atomic mass is 10.1. The van der Waals surface area contributed by atoms with Crippen molar-refractivity contribution in [3.05, 3.63) is 27.4 Å². The molecule has 0 aliphatic carbocycles. The van der Waals surface area contributed by atoms with Crippen LogP contribution < -0.4 is 10.9 Å². The lowest BCUT2D eigenvalue weighted by molar-refractivity contribution is -0.121. The molecule has 6 nitrogen and oxygen atoms in total. The maximum absolute atomic E-state index is 11.8. The van der Waals surface area contributed by atoms with Crippen molar-refractivity contribution >= 4 is 5.91 Å². The van der Waals surface area contributed by atoms with Gasteiger partial charge in [-0.3, -0.25) is 9.59 Å². The van der Waals surface area contributed by atoms with Gasteiger partial charge in [0.1, 0.15) is 5.82 Å². The van der Waals surface area contributed by atoms with Gasteiger partial charge >= 0.3 is 0 Å². The number of H-pyrrole nitrogens is 1. The van der Waals surface area contributed by atoms with E-state index >= 15 is 0 Å². The summed E-state index contributed by atoms with van der Waals surface area (Å²) in [4.78, 5) is 30.4. The minimum atomic E-state index is -0.528. The second-order valence-electron chi connectivity index (χ2n) is 5.80. The Morgan fingerprint density at radius 1 is 1.38 bits per heavy atom. The zero-order valence-electron chi connectivity index (χ0n) is 13.2. The number of nitrogens with zero attached hydrogens (tertiary/aromatic N) is 1. The lowest BCUT2D eigenvalue weighted by Crippen LogP contribution is -2.33. The first-order valence-electron chi connectivity index (χ1n) is 7.30. The largest absolute Gasteiger partial charge is 0.391 e. The van der Waals surface area contributed by atoms with Crippen molar-refractivity contribution < 1.29 is 9.90 Å². The maximum Gasteiger partial charge on any atom is 0.254 e. The van der Waals surface area contributed by atoms with Crippen LogP contribution in [0.15, 0.2) is 4.79 Å². The first-order chi connectivity index (χ1) is 9.79. The fourth-order valence-electron chi connectivity index (χ4n) is 2.23. The van der Waals surface area contributed by atoms with Gasteiger partial charge in [0.2, 0.25) is 5.91 Å². The minimum Gasteiger partial charge on any atom is -0.391 e. The SMILES string of the molecule is Cc1nc(C)c(CCC(=O)NCC(O)CC(C)C)c(=O)[nH]1. The highest BCUT2D eigenvalue weighted by atomic mass is 16.3. The fourth-order valence-corrected chi connectivity index (χ4v) is 2.23. The molecule has 0 saturated carbocycles. The number of rotatable bonds is 7.